The molecule has 4 nitrogen and oxygen atoms in total. The number of carbonyl (C=O) groups is 1. The van der Waals surface area contributed by atoms with Gasteiger partial charge in [-0.3, -0.25) is 0 Å². The van der Waals surface area contributed by atoms with Gasteiger partial charge in [-0.15, -0.1) is 0 Å². The van der Waals surface area contributed by atoms with Gasteiger partial charge in [-0.25, -0.2) is 9.18 Å². The zero-order valence-electron chi connectivity index (χ0n) is 9.70. The second kappa shape index (κ2) is 5.54. The van der Waals surface area contributed by atoms with Gasteiger partial charge < -0.3 is 15.3 Å². The van der Waals surface area contributed by atoms with Gasteiger partial charge in [0.05, 0.1) is 23.4 Å². The maximum atomic E-state index is 13.1. The van der Waals surface area contributed by atoms with E-state index in [2.05, 4.69) is 5.32 Å². The minimum atomic E-state index is -0.463. The lowest BCUT2D eigenvalue weighted by atomic mass is 10.2. The lowest BCUT2D eigenvalue weighted by Crippen LogP contribution is -2.40. The summed E-state index contributed by atoms with van der Waals surface area (Å²) >= 11 is 5.87. The Morgan fingerprint density at radius 2 is 2.39 bits per heavy atom. The van der Waals surface area contributed by atoms with Crippen molar-refractivity contribution in [2.75, 3.05) is 18.5 Å². The molecular weight excluding hydrogens is 259 g/mol. The van der Waals surface area contributed by atoms with Gasteiger partial charge in [0.1, 0.15) is 5.82 Å². The zero-order valence-corrected chi connectivity index (χ0v) is 10.5. The molecule has 1 saturated heterocycles. The third kappa shape index (κ3) is 2.73. The lowest BCUT2D eigenvalue weighted by Gasteiger charge is -2.23. The molecule has 1 fully saturated rings. The SMILES string of the molecule is O=C(Nc1cc(F)ccc1Cl)N1CCC[C@H]1CO. The van der Waals surface area contributed by atoms with Crippen LogP contribution in [0.3, 0.4) is 0 Å². The molecule has 6 heteroatoms. The summed E-state index contributed by atoms with van der Waals surface area (Å²) in [6.07, 6.45) is 1.64. The van der Waals surface area contributed by atoms with E-state index in [-0.39, 0.29) is 29.4 Å². The van der Waals surface area contributed by atoms with E-state index < -0.39 is 5.82 Å². The fourth-order valence-corrected chi connectivity index (χ4v) is 2.24. The fraction of sp³-hybridized carbons (Fsp3) is 0.417. The number of amides is 2. The first-order chi connectivity index (χ1) is 8.61. The topological polar surface area (TPSA) is 52.6 Å². The number of nitrogens with one attached hydrogen (secondary N) is 1. The molecule has 2 rings (SSSR count). The molecule has 2 N–H and O–H groups in total. The van der Waals surface area contributed by atoms with Crippen molar-refractivity contribution < 1.29 is 14.3 Å². The van der Waals surface area contributed by atoms with Gasteiger partial charge in [-0.1, -0.05) is 11.6 Å². The van der Waals surface area contributed by atoms with Crippen molar-refractivity contribution in [3.8, 4) is 0 Å². The molecule has 1 aliphatic heterocycles. The second-order valence-corrected chi connectivity index (χ2v) is 4.63. The monoisotopic (exact) mass is 272 g/mol. The molecule has 0 bridgehead atoms. The summed E-state index contributed by atoms with van der Waals surface area (Å²) in [4.78, 5) is 13.5. The van der Waals surface area contributed by atoms with Crippen molar-refractivity contribution in [2.24, 2.45) is 0 Å². The quantitative estimate of drug-likeness (QED) is 0.869. The van der Waals surface area contributed by atoms with E-state index in [1.165, 1.54) is 18.2 Å². The first-order valence-corrected chi connectivity index (χ1v) is 6.13. The van der Waals surface area contributed by atoms with Crippen LogP contribution in [0.1, 0.15) is 12.8 Å². The van der Waals surface area contributed by atoms with Crippen LogP contribution in [0.4, 0.5) is 14.9 Å². The average Bonchev–Trinajstić information content (AvgIpc) is 2.82. The molecule has 1 atom stereocenters. The Hall–Kier alpha value is -1.33. The van der Waals surface area contributed by atoms with Crippen molar-refractivity contribution in [1.29, 1.82) is 0 Å². The largest absolute Gasteiger partial charge is 0.394 e. The lowest BCUT2D eigenvalue weighted by molar-refractivity contribution is 0.166. The van der Waals surface area contributed by atoms with E-state index in [9.17, 15) is 9.18 Å². The summed E-state index contributed by atoms with van der Waals surface area (Å²) < 4.78 is 13.1. The van der Waals surface area contributed by atoms with Gasteiger partial charge >= 0.3 is 6.03 Å². The number of nitrogens with zero attached hydrogens (tertiary/aromatic N) is 1. The predicted molar refractivity (Wildman–Crippen MR) is 67.2 cm³/mol. The first kappa shape index (κ1) is 13.1. The smallest absolute Gasteiger partial charge is 0.322 e. The summed E-state index contributed by atoms with van der Waals surface area (Å²) in [6, 6.07) is 3.26. The van der Waals surface area contributed by atoms with Crippen LogP contribution in [-0.4, -0.2) is 35.2 Å². The normalized spacial score (nSPS) is 19.1. The van der Waals surface area contributed by atoms with Crippen LogP contribution >= 0.6 is 11.6 Å². The number of aliphatic hydroxyl groups is 1. The number of urea groups is 1. The molecule has 98 valence electrons. The molecule has 0 radical (unpaired) electrons. The summed E-state index contributed by atoms with van der Waals surface area (Å²) in [5.74, 6) is -0.463. The molecular formula is C12H14ClFN2O2. The van der Waals surface area contributed by atoms with Gasteiger partial charge in [-0.2, -0.15) is 0 Å². The third-order valence-corrected chi connectivity index (χ3v) is 3.35. The number of anilines is 1. The highest BCUT2D eigenvalue weighted by molar-refractivity contribution is 6.33. The number of halogens is 2. The summed E-state index contributed by atoms with van der Waals surface area (Å²) in [5.41, 5.74) is 0.241. The Balaban J connectivity index is 2.09. The summed E-state index contributed by atoms with van der Waals surface area (Å²) in [5, 5.41) is 12.0. The fourth-order valence-electron chi connectivity index (χ4n) is 2.07. The van der Waals surface area contributed by atoms with Crippen molar-refractivity contribution >= 4 is 23.3 Å². The van der Waals surface area contributed by atoms with E-state index in [0.717, 1.165) is 12.8 Å². The van der Waals surface area contributed by atoms with E-state index in [1.807, 2.05) is 0 Å². The molecule has 0 spiro atoms. The van der Waals surface area contributed by atoms with Crippen LogP contribution in [-0.2, 0) is 0 Å². The van der Waals surface area contributed by atoms with Crippen LogP contribution in [0.15, 0.2) is 18.2 Å². The highest BCUT2D eigenvalue weighted by Gasteiger charge is 2.28. The summed E-state index contributed by atoms with van der Waals surface area (Å²) in [6.45, 7) is 0.522. The number of likely N-dealkylation sites (tertiary alicyclic amines) is 1. The van der Waals surface area contributed by atoms with E-state index in [4.69, 9.17) is 16.7 Å². The zero-order chi connectivity index (χ0) is 13.1. The molecule has 0 unspecified atom stereocenters. The molecule has 1 aromatic carbocycles. The maximum Gasteiger partial charge on any atom is 0.322 e. The standard InChI is InChI=1S/C12H14ClFN2O2/c13-10-4-3-8(14)6-11(10)15-12(18)16-5-1-2-9(16)7-17/h3-4,6,9,17H,1-2,5,7H2,(H,15,18)/t9-/m0/s1. The van der Waals surface area contributed by atoms with Gasteiger partial charge in [-0.05, 0) is 31.0 Å². The van der Waals surface area contributed by atoms with Crippen LogP contribution in [0.5, 0.6) is 0 Å². The first-order valence-electron chi connectivity index (χ1n) is 5.75. The molecule has 1 aromatic rings. The molecule has 0 aromatic heterocycles. The minimum absolute atomic E-state index is 0.0652. The van der Waals surface area contributed by atoms with Gasteiger partial charge in [0.2, 0.25) is 0 Å². The van der Waals surface area contributed by atoms with Crippen LogP contribution in [0.2, 0.25) is 5.02 Å². The number of benzene rings is 1. The second-order valence-electron chi connectivity index (χ2n) is 4.23. The molecule has 1 heterocycles. The highest BCUT2D eigenvalue weighted by Crippen LogP contribution is 2.24. The van der Waals surface area contributed by atoms with E-state index in [0.29, 0.717) is 6.54 Å². The molecule has 0 aliphatic carbocycles. The van der Waals surface area contributed by atoms with Crippen molar-refractivity contribution in [3.05, 3.63) is 29.0 Å². The number of carbonyl (C=O) groups excluding carboxylic acids is 1. The van der Waals surface area contributed by atoms with Crippen LogP contribution in [0.25, 0.3) is 0 Å². The highest BCUT2D eigenvalue weighted by atomic mass is 35.5. The third-order valence-electron chi connectivity index (χ3n) is 3.02. The van der Waals surface area contributed by atoms with Gasteiger partial charge in [0, 0.05) is 6.54 Å². The Labute approximate surface area is 109 Å². The van der Waals surface area contributed by atoms with Crippen molar-refractivity contribution in [1.82, 2.24) is 4.90 Å². The molecule has 2 amide bonds. The molecule has 1 aliphatic rings. The number of aliphatic hydroxyl groups excluding tert-OH is 1. The van der Waals surface area contributed by atoms with E-state index >= 15 is 0 Å². The van der Waals surface area contributed by atoms with E-state index in [1.54, 1.807) is 4.90 Å². The van der Waals surface area contributed by atoms with Gasteiger partial charge in [0.25, 0.3) is 0 Å². The number of hydrogen-bond donors (Lipinski definition) is 2. The Morgan fingerprint density at radius 1 is 1.61 bits per heavy atom. The Kier molecular flexibility index (Phi) is 4.04. The minimum Gasteiger partial charge on any atom is -0.394 e. The van der Waals surface area contributed by atoms with Crippen molar-refractivity contribution in [2.45, 2.75) is 18.9 Å². The number of rotatable bonds is 2. The summed E-state index contributed by atoms with van der Waals surface area (Å²) in [7, 11) is 0. The number of hydrogen-bond acceptors (Lipinski definition) is 2. The van der Waals surface area contributed by atoms with Gasteiger partial charge in [0.15, 0.2) is 0 Å². The van der Waals surface area contributed by atoms with Crippen LogP contribution in [0, 0.1) is 5.82 Å². The average molecular weight is 273 g/mol. The molecule has 0 saturated carbocycles. The maximum absolute atomic E-state index is 13.1. The Morgan fingerprint density at radius 3 is 3.11 bits per heavy atom. The van der Waals surface area contributed by atoms with Crippen molar-refractivity contribution in [3.63, 3.8) is 0 Å². The van der Waals surface area contributed by atoms with Crippen LogP contribution < -0.4 is 5.32 Å². The Bertz CT molecular complexity index is 456. The predicted octanol–water partition coefficient (Wildman–Crippen LogP) is 2.47. The molecule has 18 heavy (non-hydrogen) atoms.